The predicted molar refractivity (Wildman–Crippen MR) is 137 cm³/mol. The van der Waals surface area contributed by atoms with E-state index in [-0.39, 0.29) is 24.5 Å². The number of rotatable bonds is 10. The zero-order valence-electron chi connectivity index (χ0n) is 20.7. The van der Waals surface area contributed by atoms with Crippen LogP contribution in [0.15, 0.2) is 58.9 Å². The van der Waals surface area contributed by atoms with Crippen LogP contribution in [0.1, 0.15) is 32.0 Å². The minimum absolute atomic E-state index is 0.0204. The van der Waals surface area contributed by atoms with Gasteiger partial charge in [-0.15, -0.1) is 5.10 Å². The van der Waals surface area contributed by atoms with Gasteiger partial charge >= 0.3 is 10.2 Å². The standard InChI is InChI=1S/C24H32F2N6O3S/c1-5-31-18(2)14-30(15-19(31)3)36(33,34)32(22-9-7-6-8-10-22)16-21-12-11-20(13-28-21)24(29-27-4)35-17-23(25)26/h6-13,18-19,23H,4-5,14-17H2,1-3H3/b29-24-. The van der Waals surface area contributed by atoms with Crippen molar-refractivity contribution in [3.63, 3.8) is 0 Å². The minimum atomic E-state index is -3.88. The third-order valence-electron chi connectivity index (χ3n) is 5.97. The number of piperazine rings is 1. The number of nitrogens with zero attached hydrogens (tertiary/aromatic N) is 6. The molecule has 0 saturated carbocycles. The van der Waals surface area contributed by atoms with E-state index in [0.717, 1.165) is 6.54 Å². The van der Waals surface area contributed by atoms with E-state index in [1.807, 2.05) is 19.9 Å². The molecular formula is C24H32F2N6O3S. The Morgan fingerprint density at radius 3 is 2.39 bits per heavy atom. The Morgan fingerprint density at radius 2 is 1.86 bits per heavy atom. The van der Waals surface area contributed by atoms with Crippen molar-refractivity contribution in [3.05, 3.63) is 59.9 Å². The first-order valence-electron chi connectivity index (χ1n) is 11.7. The lowest BCUT2D eigenvalue weighted by Crippen LogP contribution is -2.60. The fraction of sp³-hybridized carbons (Fsp3) is 0.458. The van der Waals surface area contributed by atoms with Gasteiger partial charge in [0.05, 0.1) is 23.5 Å². The molecule has 1 aliphatic rings. The number of hydrogen-bond donors (Lipinski definition) is 0. The summed E-state index contributed by atoms with van der Waals surface area (Å²) < 4.78 is 60.7. The summed E-state index contributed by atoms with van der Waals surface area (Å²) in [5.74, 6) is -0.145. The van der Waals surface area contributed by atoms with Gasteiger partial charge in [-0.05, 0) is 44.7 Å². The maximum atomic E-state index is 13.9. The average Bonchev–Trinajstić information content (AvgIpc) is 2.85. The molecule has 2 unspecified atom stereocenters. The summed E-state index contributed by atoms with van der Waals surface area (Å²) in [6.07, 6.45) is -1.30. The SMILES string of the molecule is C=N/N=C(\OCC(F)F)c1ccc(CN(c2ccccc2)S(=O)(=O)N2CC(C)N(CC)C(C)C2)nc1. The summed E-state index contributed by atoms with van der Waals surface area (Å²) in [7, 11) is -3.88. The van der Waals surface area contributed by atoms with Crippen LogP contribution in [0.25, 0.3) is 0 Å². The van der Waals surface area contributed by atoms with Gasteiger partial charge in [-0.2, -0.15) is 17.8 Å². The van der Waals surface area contributed by atoms with E-state index in [1.165, 1.54) is 14.8 Å². The highest BCUT2D eigenvalue weighted by molar-refractivity contribution is 7.90. The van der Waals surface area contributed by atoms with Gasteiger partial charge in [-0.25, -0.2) is 8.78 Å². The second-order valence-corrected chi connectivity index (χ2v) is 10.3. The molecular weight excluding hydrogens is 490 g/mol. The number of anilines is 1. The number of halogens is 2. The molecule has 1 aromatic carbocycles. The van der Waals surface area contributed by atoms with Crippen LogP contribution in [-0.4, -0.2) is 80.0 Å². The second-order valence-electron chi connectivity index (χ2n) is 8.48. The van der Waals surface area contributed by atoms with Crippen LogP contribution in [-0.2, 0) is 21.5 Å². The van der Waals surface area contributed by atoms with Gasteiger partial charge in [0.15, 0.2) is 6.61 Å². The topological polar surface area (TPSA) is 90.7 Å². The highest BCUT2D eigenvalue weighted by atomic mass is 32.2. The Balaban J connectivity index is 1.88. The average molecular weight is 523 g/mol. The molecule has 2 atom stereocenters. The molecule has 1 aliphatic heterocycles. The molecule has 1 saturated heterocycles. The largest absolute Gasteiger partial charge is 0.470 e. The Hall–Kier alpha value is -2.96. The van der Waals surface area contributed by atoms with Gasteiger partial charge in [-0.3, -0.25) is 14.2 Å². The van der Waals surface area contributed by atoms with Gasteiger partial charge in [0, 0.05) is 38.1 Å². The lowest BCUT2D eigenvalue weighted by Gasteiger charge is -2.44. The summed E-state index contributed by atoms with van der Waals surface area (Å²) in [6, 6.07) is 12.2. The number of ether oxygens (including phenoxy) is 1. The highest BCUT2D eigenvalue weighted by Gasteiger charge is 2.38. The molecule has 2 heterocycles. The molecule has 36 heavy (non-hydrogen) atoms. The third kappa shape index (κ3) is 6.62. The van der Waals surface area contributed by atoms with Gasteiger partial charge < -0.3 is 4.74 Å². The van der Waals surface area contributed by atoms with E-state index in [1.54, 1.807) is 36.4 Å². The summed E-state index contributed by atoms with van der Waals surface area (Å²) in [5, 5.41) is 7.00. The lowest BCUT2D eigenvalue weighted by atomic mass is 10.1. The molecule has 1 fully saturated rings. The molecule has 0 bridgehead atoms. The van der Waals surface area contributed by atoms with Crippen molar-refractivity contribution in [2.45, 2.75) is 45.8 Å². The molecule has 2 aromatic rings. The van der Waals surface area contributed by atoms with Gasteiger partial charge in [0.2, 0.25) is 5.90 Å². The number of para-hydroxylation sites is 1. The van der Waals surface area contributed by atoms with Crippen LogP contribution < -0.4 is 4.31 Å². The number of benzene rings is 1. The lowest BCUT2D eigenvalue weighted by molar-refractivity contribution is 0.0765. The third-order valence-corrected chi connectivity index (χ3v) is 7.81. The van der Waals surface area contributed by atoms with E-state index in [0.29, 0.717) is 30.0 Å². The van der Waals surface area contributed by atoms with Gasteiger partial charge in [0.1, 0.15) is 0 Å². The summed E-state index contributed by atoms with van der Waals surface area (Å²) in [6.45, 7) is 10.1. The fourth-order valence-corrected chi connectivity index (χ4v) is 6.10. The number of aromatic nitrogens is 1. The zero-order chi connectivity index (χ0) is 26.3. The first-order valence-corrected chi connectivity index (χ1v) is 13.1. The molecule has 0 aliphatic carbocycles. The van der Waals surface area contributed by atoms with Crippen LogP contribution in [0.2, 0.25) is 0 Å². The van der Waals surface area contributed by atoms with E-state index in [9.17, 15) is 17.2 Å². The van der Waals surface area contributed by atoms with Crippen molar-refractivity contribution in [1.29, 1.82) is 0 Å². The molecule has 196 valence electrons. The number of hydrogen-bond acceptors (Lipinski definition) is 7. The number of likely N-dealkylation sites (N-methyl/N-ethyl adjacent to an activating group) is 1. The van der Waals surface area contributed by atoms with Gasteiger partial charge in [-0.1, -0.05) is 25.1 Å². The van der Waals surface area contributed by atoms with Crippen molar-refractivity contribution in [3.8, 4) is 0 Å². The van der Waals surface area contributed by atoms with Crippen molar-refractivity contribution in [2.24, 2.45) is 10.2 Å². The quantitative estimate of drug-likeness (QED) is 0.271. The van der Waals surface area contributed by atoms with E-state index < -0.39 is 23.2 Å². The fourth-order valence-electron chi connectivity index (χ4n) is 4.33. The molecule has 3 rings (SSSR count). The molecule has 0 radical (unpaired) electrons. The van der Waals surface area contributed by atoms with Crippen molar-refractivity contribution in [1.82, 2.24) is 14.2 Å². The summed E-state index contributed by atoms with van der Waals surface area (Å²) in [4.78, 5) is 6.63. The molecule has 0 spiro atoms. The molecule has 0 amide bonds. The maximum Gasteiger partial charge on any atom is 0.304 e. The molecule has 9 nitrogen and oxygen atoms in total. The second kappa shape index (κ2) is 12.3. The normalized spacial score (nSPS) is 19.9. The Morgan fingerprint density at radius 1 is 1.19 bits per heavy atom. The van der Waals surface area contributed by atoms with Crippen molar-refractivity contribution in [2.75, 3.05) is 30.5 Å². The van der Waals surface area contributed by atoms with Crippen LogP contribution in [0, 0.1) is 0 Å². The Labute approximate surface area is 211 Å². The summed E-state index contributed by atoms with van der Waals surface area (Å²) in [5.41, 5.74) is 1.29. The monoisotopic (exact) mass is 522 g/mol. The van der Waals surface area contributed by atoms with E-state index in [2.05, 4.69) is 33.7 Å². The van der Waals surface area contributed by atoms with Gasteiger partial charge in [0.25, 0.3) is 6.43 Å². The van der Waals surface area contributed by atoms with Crippen LogP contribution in [0.5, 0.6) is 0 Å². The van der Waals surface area contributed by atoms with Crippen LogP contribution >= 0.6 is 0 Å². The highest BCUT2D eigenvalue weighted by Crippen LogP contribution is 2.26. The smallest absolute Gasteiger partial charge is 0.304 e. The Bertz CT molecular complexity index is 1120. The van der Waals surface area contributed by atoms with Crippen molar-refractivity contribution >= 4 is 28.5 Å². The van der Waals surface area contributed by atoms with E-state index in [4.69, 9.17) is 4.74 Å². The number of alkyl halides is 2. The maximum absolute atomic E-state index is 13.9. The molecule has 12 heteroatoms. The van der Waals surface area contributed by atoms with Crippen LogP contribution in [0.3, 0.4) is 0 Å². The molecule has 1 aromatic heterocycles. The first kappa shape index (κ1) is 27.6. The van der Waals surface area contributed by atoms with E-state index >= 15 is 0 Å². The first-order chi connectivity index (χ1) is 17.2. The van der Waals surface area contributed by atoms with Crippen LogP contribution in [0.4, 0.5) is 14.5 Å². The number of pyridine rings is 1. The minimum Gasteiger partial charge on any atom is -0.470 e. The summed E-state index contributed by atoms with van der Waals surface area (Å²) >= 11 is 0. The molecule has 0 N–H and O–H groups in total. The predicted octanol–water partition coefficient (Wildman–Crippen LogP) is 3.39. The Kier molecular flexibility index (Phi) is 9.46. The van der Waals surface area contributed by atoms with Crippen molar-refractivity contribution < 1.29 is 21.9 Å². The zero-order valence-corrected chi connectivity index (χ0v) is 21.5.